The summed E-state index contributed by atoms with van der Waals surface area (Å²) in [6, 6.07) is 9.47. The van der Waals surface area contributed by atoms with Crippen molar-refractivity contribution in [3.8, 4) is 0 Å². The number of hydrogen-bond donors (Lipinski definition) is 1. The maximum atomic E-state index is 6.11. The molecule has 1 aromatic carbocycles. The molecule has 1 atom stereocenters. The average Bonchev–Trinajstić information content (AvgIpc) is 2.83. The molecule has 0 saturated heterocycles. The van der Waals surface area contributed by atoms with E-state index in [0.29, 0.717) is 16.6 Å². The zero-order valence-electron chi connectivity index (χ0n) is 12.6. The molecule has 3 aromatic rings. The number of benzene rings is 1. The number of halogens is 2. The first kappa shape index (κ1) is 17.7. The van der Waals surface area contributed by atoms with E-state index in [0.717, 1.165) is 33.2 Å². The summed E-state index contributed by atoms with van der Waals surface area (Å²) < 4.78 is 1.78. The van der Waals surface area contributed by atoms with Crippen LogP contribution in [0.1, 0.15) is 16.8 Å². The Bertz CT molecular complexity index is 835. The lowest BCUT2D eigenvalue weighted by molar-refractivity contribution is 0.876. The smallest absolute Gasteiger partial charge is 0.106 e. The fraction of sp³-hybridized carbons (Fsp3) is 0.125. The van der Waals surface area contributed by atoms with Gasteiger partial charge in [-0.2, -0.15) is 5.10 Å². The Balaban J connectivity index is 1.99. The summed E-state index contributed by atoms with van der Waals surface area (Å²) in [4.78, 5) is 5.01. The summed E-state index contributed by atoms with van der Waals surface area (Å²) in [5.74, 6) is 0. The second kappa shape index (κ2) is 7.85. The van der Waals surface area contributed by atoms with Gasteiger partial charge in [0.25, 0.3) is 0 Å². The summed E-state index contributed by atoms with van der Waals surface area (Å²) >= 11 is 13.8. The van der Waals surface area contributed by atoms with Crippen LogP contribution in [0.15, 0.2) is 52.6 Å². The molecule has 0 spiro atoms. The molecule has 0 saturated carbocycles. The van der Waals surface area contributed by atoms with Gasteiger partial charge in [-0.25, -0.2) is 4.45 Å². The maximum Gasteiger partial charge on any atom is 0.106 e. The fourth-order valence-electron chi connectivity index (χ4n) is 2.35. The van der Waals surface area contributed by atoms with E-state index in [4.69, 9.17) is 28.9 Å². The van der Waals surface area contributed by atoms with Crippen LogP contribution in [0.4, 0.5) is 0 Å². The lowest BCUT2D eigenvalue weighted by Crippen LogP contribution is -2.01. The molecule has 8 heteroatoms. The zero-order chi connectivity index (χ0) is 17.1. The summed E-state index contributed by atoms with van der Waals surface area (Å²) in [5, 5.41) is 6.73. The van der Waals surface area contributed by atoms with Crippen LogP contribution in [0.3, 0.4) is 0 Å². The molecule has 0 aliphatic heterocycles. The summed E-state index contributed by atoms with van der Waals surface area (Å²) in [7, 11) is 2.61. The predicted octanol–water partition coefficient (Wildman–Crippen LogP) is 4.42. The lowest BCUT2D eigenvalue weighted by Gasteiger charge is -2.08. The Morgan fingerprint density at radius 2 is 1.79 bits per heavy atom. The van der Waals surface area contributed by atoms with Crippen molar-refractivity contribution in [2.45, 2.75) is 22.9 Å². The number of hydrogen-bond acceptors (Lipinski definition) is 4. The number of rotatable bonds is 5. The van der Waals surface area contributed by atoms with E-state index >= 15 is 0 Å². The second-order valence-corrected chi connectivity index (χ2v) is 7.54. The largest absolute Gasteiger partial charge is 0.325 e. The second-order valence-electron chi connectivity index (χ2n) is 5.12. The van der Waals surface area contributed by atoms with Gasteiger partial charge in [0, 0.05) is 45.9 Å². The van der Waals surface area contributed by atoms with Crippen LogP contribution in [0.2, 0.25) is 10.0 Å². The highest BCUT2D eigenvalue weighted by Crippen LogP contribution is 2.36. The van der Waals surface area contributed by atoms with Gasteiger partial charge in [-0.15, -0.1) is 0 Å². The molecule has 0 radical (unpaired) electrons. The van der Waals surface area contributed by atoms with Gasteiger partial charge in [0.15, 0.2) is 0 Å². The van der Waals surface area contributed by atoms with Gasteiger partial charge in [0.2, 0.25) is 0 Å². The van der Waals surface area contributed by atoms with E-state index in [2.05, 4.69) is 19.5 Å². The van der Waals surface area contributed by atoms with Crippen molar-refractivity contribution in [2.75, 3.05) is 0 Å². The lowest BCUT2D eigenvalue weighted by atomic mass is 10.1. The molecular formula is C16H15Cl2N4PS. The highest BCUT2D eigenvalue weighted by molar-refractivity contribution is 7.99. The minimum Gasteiger partial charge on any atom is -0.325 e. The number of aromatic nitrogens is 3. The van der Waals surface area contributed by atoms with Crippen LogP contribution < -0.4 is 5.73 Å². The highest BCUT2D eigenvalue weighted by atomic mass is 35.5. The molecule has 0 bridgehead atoms. The van der Waals surface area contributed by atoms with Crippen molar-refractivity contribution in [3.63, 3.8) is 0 Å². The first-order valence-electron chi connectivity index (χ1n) is 7.15. The Morgan fingerprint density at radius 3 is 2.42 bits per heavy atom. The molecule has 0 amide bonds. The maximum absolute atomic E-state index is 6.11. The van der Waals surface area contributed by atoms with Crippen LogP contribution >= 0.6 is 44.4 Å². The van der Waals surface area contributed by atoms with E-state index in [9.17, 15) is 0 Å². The van der Waals surface area contributed by atoms with Crippen molar-refractivity contribution in [1.82, 2.24) is 14.5 Å². The highest BCUT2D eigenvalue weighted by Gasteiger charge is 2.17. The van der Waals surface area contributed by atoms with Crippen molar-refractivity contribution in [2.24, 2.45) is 5.73 Å². The van der Waals surface area contributed by atoms with Gasteiger partial charge in [0.05, 0.1) is 5.69 Å². The van der Waals surface area contributed by atoms with E-state index < -0.39 is 0 Å². The third-order valence-electron chi connectivity index (χ3n) is 3.42. The van der Waals surface area contributed by atoms with Crippen LogP contribution in [0.5, 0.6) is 0 Å². The number of nitrogens with two attached hydrogens (primary N) is 1. The van der Waals surface area contributed by atoms with Crippen molar-refractivity contribution < 1.29 is 0 Å². The molecular weight excluding hydrogens is 382 g/mol. The minimum atomic E-state index is 0.381. The van der Waals surface area contributed by atoms with Gasteiger partial charge < -0.3 is 5.73 Å². The van der Waals surface area contributed by atoms with Crippen LogP contribution in [-0.4, -0.2) is 14.5 Å². The molecule has 0 aliphatic carbocycles. The minimum absolute atomic E-state index is 0.381. The van der Waals surface area contributed by atoms with Crippen LogP contribution in [0, 0.1) is 0 Å². The normalized spacial score (nSPS) is 11.0. The van der Waals surface area contributed by atoms with Crippen LogP contribution in [-0.2, 0) is 13.0 Å². The molecule has 4 nitrogen and oxygen atoms in total. The number of pyridine rings is 1. The first-order valence-corrected chi connectivity index (χ1v) is 9.24. The predicted molar refractivity (Wildman–Crippen MR) is 103 cm³/mol. The van der Waals surface area contributed by atoms with Gasteiger partial charge in [-0.3, -0.25) is 4.98 Å². The number of nitrogens with zero attached hydrogens (tertiary/aromatic N) is 3. The van der Waals surface area contributed by atoms with Crippen molar-refractivity contribution >= 4 is 44.4 Å². The first-order chi connectivity index (χ1) is 11.6. The van der Waals surface area contributed by atoms with E-state index in [1.165, 1.54) is 0 Å². The topological polar surface area (TPSA) is 56.7 Å². The summed E-state index contributed by atoms with van der Waals surface area (Å²) in [6.07, 6.45) is 4.30. The molecule has 124 valence electrons. The zero-order valence-corrected chi connectivity index (χ0v) is 16.1. The quantitative estimate of drug-likeness (QED) is 0.648. The molecule has 2 N–H and O–H groups in total. The third-order valence-corrected chi connectivity index (χ3v) is 5.51. The average molecular weight is 397 g/mol. The Hall–Kier alpha value is -1.10. The third kappa shape index (κ3) is 4.11. The standard InChI is InChI=1S/C16H15Cl2N4PS/c17-11-6-12(18)8-13(7-11)24-16-14(15(9-19)21-22(16)23)5-10-1-3-20-4-2-10/h1-4,6-8H,5,9,19,23H2. The van der Waals surface area contributed by atoms with Gasteiger partial charge >= 0.3 is 0 Å². The molecule has 2 aromatic heterocycles. The Kier molecular flexibility index (Phi) is 5.80. The molecule has 3 rings (SSSR count). The summed E-state index contributed by atoms with van der Waals surface area (Å²) in [5.41, 5.74) is 9.01. The summed E-state index contributed by atoms with van der Waals surface area (Å²) in [6.45, 7) is 0.381. The molecule has 1 unspecified atom stereocenters. The molecule has 2 heterocycles. The van der Waals surface area contributed by atoms with Gasteiger partial charge in [0.1, 0.15) is 5.03 Å². The van der Waals surface area contributed by atoms with E-state index in [1.54, 1.807) is 34.7 Å². The molecule has 24 heavy (non-hydrogen) atoms. The Labute approximate surface area is 157 Å². The van der Waals surface area contributed by atoms with E-state index in [1.807, 2.05) is 24.3 Å². The monoisotopic (exact) mass is 396 g/mol. The van der Waals surface area contributed by atoms with Crippen molar-refractivity contribution in [3.05, 3.63) is 69.6 Å². The fourth-order valence-corrected chi connectivity index (χ4v) is 4.50. The van der Waals surface area contributed by atoms with Crippen molar-refractivity contribution in [1.29, 1.82) is 0 Å². The molecule has 0 aliphatic rings. The molecule has 0 fully saturated rings. The SMILES string of the molecule is NCc1nn(P)c(Sc2cc(Cl)cc(Cl)c2)c1Cc1ccncc1. The van der Waals surface area contributed by atoms with Gasteiger partial charge in [-0.1, -0.05) is 35.0 Å². The van der Waals surface area contributed by atoms with E-state index in [-0.39, 0.29) is 0 Å². The van der Waals surface area contributed by atoms with Gasteiger partial charge in [-0.05, 0) is 45.3 Å². The Morgan fingerprint density at radius 1 is 1.12 bits per heavy atom. The van der Waals surface area contributed by atoms with Crippen LogP contribution in [0.25, 0.3) is 0 Å².